The number of fused-ring (bicyclic) bond motifs is 1. The van der Waals surface area contributed by atoms with Crippen LogP contribution in [-0.4, -0.2) is 30.9 Å². The number of carbonyl (C=O) groups is 1. The van der Waals surface area contributed by atoms with Crippen molar-refractivity contribution in [3.63, 3.8) is 0 Å². The second-order valence-electron chi connectivity index (χ2n) is 6.17. The Morgan fingerprint density at radius 2 is 1.96 bits per heavy atom. The normalized spacial score (nSPS) is 18.3. The van der Waals surface area contributed by atoms with Crippen LogP contribution < -0.4 is 14.8 Å². The molecule has 140 valence electrons. The third-order valence-electron chi connectivity index (χ3n) is 4.21. The molecule has 1 atom stereocenters. The zero-order chi connectivity index (χ0) is 18.8. The Labute approximate surface area is 159 Å². The molecule has 2 aliphatic rings. The topological polar surface area (TPSA) is 69.2 Å². The highest BCUT2D eigenvalue weighted by Gasteiger charge is 2.30. The number of hydrogen-bond acceptors (Lipinski definition) is 5. The van der Waals surface area contributed by atoms with Crippen LogP contribution in [0.4, 0.5) is 10.1 Å². The predicted molar refractivity (Wildman–Crippen MR) is 98.1 cm³/mol. The Morgan fingerprint density at radius 3 is 2.74 bits per heavy atom. The molecule has 2 heterocycles. The van der Waals surface area contributed by atoms with Crippen LogP contribution >= 0.6 is 11.6 Å². The Kier molecular flexibility index (Phi) is 4.85. The van der Waals surface area contributed by atoms with Gasteiger partial charge in [0.2, 0.25) is 6.10 Å². The standard InChI is InChI=1S/C19H16ClFN2O4/c20-13-8-16-17(26-6-2-5-25-16)10-15(13)22-19(24)18-9-14(23-27-18)11-3-1-4-12(21)7-11/h1,3-4,7-8,10,18H,2,5-6,9H2,(H,22,24). The highest BCUT2D eigenvalue weighted by atomic mass is 35.5. The Bertz CT molecular complexity index is 919. The van der Waals surface area contributed by atoms with Gasteiger partial charge < -0.3 is 19.6 Å². The predicted octanol–water partition coefficient (Wildman–Crippen LogP) is 3.77. The number of nitrogens with zero attached hydrogens (tertiary/aromatic N) is 1. The number of nitrogens with one attached hydrogen (secondary N) is 1. The van der Waals surface area contributed by atoms with Crippen LogP contribution in [0, 0.1) is 5.82 Å². The lowest BCUT2D eigenvalue weighted by Crippen LogP contribution is -2.28. The summed E-state index contributed by atoms with van der Waals surface area (Å²) in [6, 6.07) is 9.23. The van der Waals surface area contributed by atoms with Crippen molar-refractivity contribution in [1.82, 2.24) is 0 Å². The molecular weight excluding hydrogens is 375 g/mol. The van der Waals surface area contributed by atoms with Crippen molar-refractivity contribution < 1.29 is 23.5 Å². The van der Waals surface area contributed by atoms with E-state index in [1.807, 2.05) is 0 Å². The van der Waals surface area contributed by atoms with Gasteiger partial charge in [-0.15, -0.1) is 0 Å². The first kappa shape index (κ1) is 17.6. The van der Waals surface area contributed by atoms with Crippen LogP contribution in [0.1, 0.15) is 18.4 Å². The number of rotatable bonds is 3. The van der Waals surface area contributed by atoms with Crippen molar-refractivity contribution in [3.8, 4) is 11.5 Å². The van der Waals surface area contributed by atoms with Gasteiger partial charge in [0.15, 0.2) is 11.5 Å². The molecule has 0 aliphatic carbocycles. The molecule has 0 spiro atoms. The van der Waals surface area contributed by atoms with Gasteiger partial charge in [0.1, 0.15) is 5.82 Å². The maximum absolute atomic E-state index is 13.4. The average Bonchev–Trinajstić information content (AvgIpc) is 3.04. The van der Waals surface area contributed by atoms with Gasteiger partial charge in [0.25, 0.3) is 5.91 Å². The quantitative estimate of drug-likeness (QED) is 0.866. The van der Waals surface area contributed by atoms with E-state index in [0.717, 1.165) is 6.42 Å². The number of carbonyl (C=O) groups excluding carboxylic acids is 1. The minimum Gasteiger partial charge on any atom is -0.490 e. The van der Waals surface area contributed by atoms with Crippen LogP contribution in [0.3, 0.4) is 0 Å². The molecule has 0 aromatic heterocycles. The molecule has 2 aliphatic heterocycles. The van der Waals surface area contributed by atoms with E-state index < -0.39 is 12.0 Å². The smallest absolute Gasteiger partial charge is 0.268 e. The van der Waals surface area contributed by atoms with E-state index in [4.69, 9.17) is 25.9 Å². The van der Waals surface area contributed by atoms with Crippen molar-refractivity contribution >= 4 is 28.9 Å². The number of oxime groups is 1. The summed E-state index contributed by atoms with van der Waals surface area (Å²) in [7, 11) is 0. The fourth-order valence-corrected chi connectivity index (χ4v) is 3.05. The molecule has 1 N–H and O–H groups in total. The average molecular weight is 391 g/mol. The number of halogens is 2. The Morgan fingerprint density at radius 1 is 1.19 bits per heavy atom. The van der Waals surface area contributed by atoms with E-state index in [1.54, 1.807) is 24.3 Å². The van der Waals surface area contributed by atoms with Crippen molar-refractivity contribution in [2.75, 3.05) is 18.5 Å². The van der Waals surface area contributed by atoms with Crippen molar-refractivity contribution in [3.05, 3.63) is 52.8 Å². The number of anilines is 1. The Balaban J connectivity index is 1.45. The summed E-state index contributed by atoms with van der Waals surface area (Å²) in [6.45, 7) is 1.07. The molecule has 1 unspecified atom stereocenters. The summed E-state index contributed by atoms with van der Waals surface area (Å²) < 4.78 is 24.5. The molecule has 0 bridgehead atoms. The SMILES string of the molecule is O=C(Nc1cc2c(cc1Cl)OCCCO2)C1CC(c2cccc(F)c2)=NO1. The van der Waals surface area contributed by atoms with Gasteiger partial charge in [-0.25, -0.2) is 4.39 Å². The molecule has 2 aromatic carbocycles. The summed E-state index contributed by atoms with van der Waals surface area (Å²) in [5, 5.41) is 6.97. The zero-order valence-corrected chi connectivity index (χ0v) is 15.0. The molecule has 0 fully saturated rings. The van der Waals surface area contributed by atoms with Crippen LogP contribution in [0.15, 0.2) is 41.6 Å². The van der Waals surface area contributed by atoms with E-state index in [2.05, 4.69) is 10.5 Å². The van der Waals surface area contributed by atoms with E-state index in [9.17, 15) is 9.18 Å². The van der Waals surface area contributed by atoms with E-state index in [1.165, 1.54) is 12.1 Å². The molecule has 27 heavy (non-hydrogen) atoms. The van der Waals surface area contributed by atoms with Crippen LogP contribution in [0.25, 0.3) is 0 Å². The zero-order valence-electron chi connectivity index (χ0n) is 14.2. The summed E-state index contributed by atoms with van der Waals surface area (Å²) in [5.74, 6) is 0.296. The summed E-state index contributed by atoms with van der Waals surface area (Å²) >= 11 is 6.25. The molecule has 8 heteroatoms. The summed E-state index contributed by atoms with van der Waals surface area (Å²) in [4.78, 5) is 17.8. The van der Waals surface area contributed by atoms with Gasteiger partial charge in [0.05, 0.1) is 29.6 Å². The first-order chi connectivity index (χ1) is 13.1. The molecular formula is C19H16ClFN2O4. The monoisotopic (exact) mass is 390 g/mol. The maximum atomic E-state index is 13.4. The Hall–Kier alpha value is -2.80. The fraction of sp³-hybridized carbons (Fsp3) is 0.263. The highest BCUT2D eigenvalue weighted by molar-refractivity contribution is 6.34. The minimum absolute atomic E-state index is 0.234. The molecule has 0 saturated heterocycles. The summed E-state index contributed by atoms with van der Waals surface area (Å²) in [6.07, 6.45) is 0.178. The highest BCUT2D eigenvalue weighted by Crippen LogP contribution is 2.37. The number of amides is 1. The third kappa shape index (κ3) is 3.83. The molecule has 6 nitrogen and oxygen atoms in total. The maximum Gasteiger partial charge on any atom is 0.268 e. The van der Waals surface area contributed by atoms with E-state index in [-0.39, 0.29) is 12.2 Å². The first-order valence-electron chi connectivity index (χ1n) is 8.49. The molecule has 0 saturated carbocycles. The second-order valence-corrected chi connectivity index (χ2v) is 6.57. The molecule has 4 rings (SSSR count). The minimum atomic E-state index is -0.824. The van der Waals surface area contributed by atoms with E-state index >= 15 is 0 Å². The number of hydrogen-bond donors (Lipinski definition) is 1. The lowest BCUT2D eigenvalue weighted by molar-refractivity contribution is -0.125. The summed E-state index contributed by atoms with van der Waals surface area (Å²) in [5.41, 5.74) is 1.49. The van der Waals surface area contributed by atoms with Gasteiger partial charge in [-0.1, -0.05) is 28.9 Å². The molecule has 1 amide bonds. The first-order valence-corrected chi connectivity index (χ1v) is 8.86. The lowest BCUT2D eigenvalue weighted by atomic mass is 10.0. The van der Waals surface area contributed by atoms with Gasteiger partial charge in [0, 0.05) is 30.5 Å². The number of benzene rings is 2. The lowest BCUT2D eigenvalue weighted by Gasteiger charge is -2.14. The van der Waals surface area contributed by atoms with Crippen molar-refractivity contribution in [1.29, 1.82) is 0 Å². The fourth-order valence-electron chi connectivity index (χ4n) is 2.85. The van der Waals surface area contributed by atoms with Gasteiger partial charge in [-0.2, -0.15) is 0 Å². The van der Waals surface area contributed by atoms with Gasteiger partial charge in [-0.05, 0) is 12.1 Å². The van der Waals surface area contributed by atoms with E-state index in [0.29, 0.717) is 46.7 Å². The molecule has 2 aromatic rings. The third-order valence-corrected chi connectivity index (χ3v) is 4.53. The number of ether oxygens (including phenoxy) is 2. The van der Waals surface area contributed by atoms with Crippen LogP contribution in [0.5, 0.6) is 11.5 Å². The van der Waals surface area contributed by atoms with Crippen LogP contribution in [-0.2, 0) is 9.63 Å². The van der Waals surface area contributed by atoms with Gasteiger partial charge >= 0.3 is 0 Å². The van der Waals surface area contributed by atoms with Gasteiger partial charge in [-0.3, -0.25) is 4.79 Å². The van der Waals surface area contributed by atoms with Crippen molar-refractivity contribution in [2.24, 2.45) is 5.16 Å². The second kappa shape index (κ2) is 7.44. The van der Waals surface area contributed by atoms with Crippen LogP contribution in [0.2, 0.25) is 5.02 Å². The van der Waals surface area contributed by atoms with Crippen molar-refractivity contribution in [2.45, 2.75) is 18.9 Å². The molecule has 0 radical (unpaired) electrons. The largest absolute Gasteiger partial charge is 0.490 e.